The molecule has 1 unspecified atom stereocenters. The Morgan fingerprint density at radius 3 is 2.24 bits per heavy atom. The number of sulfonamides is 1. The van der Waals surface area contributed by atoms with Crippen LogP contribution >= 0.6 is 0 Å². The van der Waals surface area contributed by atoms with Gasteiger partial charge in [-0.2, -0.15) is 4.31 Å². The molecular weight excluding hydrogens is 382 g/mol. The summed E-state index contributed by atoms with van der Waals surface area (Å²) in [4.78, 5) is 0.328. The topological polar surface area (TPSA) is 50.5 Å². The zero-order valence-electron chi connectivity index (χ0n) is 17.9. The number of nitrogens with zero attached hydrogens (tertiary/aromatic N) is 1. The predicted molar refractivity (Wildman–Crippen MR) is 117 cm³/mol. The van der Waals surface area contributed by atoms with Gasteiger partial charge in [-0.15, -0.1) is 0 Å². The highest BCUT2D eigenvalue weighted by atomic mass is 32.2. The minimum absolute atomic E-state index is 0.290. The van der Waals surface area contributed by atoms with E-state index >= 15 is 0 Å². The van der Waals surface area contributed by atoms with Crippen molar-refractivity contribution < 1.29 is 12.8 Å². The first-order chi connectivity index (χ1) is 13.9. The Hall–Kier alpha value is -1.85. The zero-order valence-corrected chi connectivity index (χ0v) is 18.7. The zero-order chi connectivity index (χ0) is 21.1. The molecular formula is C24H33NO3S. The van der Waals surface area contributed by atoms with Crippen LogP contribution in [-0.2, 0) is 10.0 Å². The summed E-state index contributed by atoms with van der Waals surface area (Å²) < 4.78 is 34.8. The van der Waals surface area contributed by atoms with Crippen LogP contribution in [0.1, 0.15) is 69.7 Å². The maximum absolute atomic E-state index is 13.7. The number of hydrogen-bond acceptors (Lipinski definition) is 3. The van der Waals surface area contributed by atoms with Gasteiger partial charge in [0.2, 0.25) is 10.0 Å². The summed E-state index contributed by atoms with van der Waals surface area (Å²) in [5.74, 6) is 0.714. The standard InChI is InChI=1S/C24H33NO3S/c1-5-7-15-24(16-8-6-2)20(4)18-25(23(24)22-10-9-17-28-22)29(26,27)21-13-11-19(3)12-14-21/h9-14,17,23H,4-8,15-16,18H2,1-3H3. The molecule has 3 rings (SSSR count). The number of rotatable bonds is 9. The fourth-order valence-corrected chi connectivity index (χ4v) is 6.23. The first-order valence-corrected chi connectivity index (χ1v) is 12.1. The maximum atomic E-state index is 13.7. The van der Waals surface area contributed by atoms with Gasteiger partial charge < -0.3 is 4.42 Å². The van der Waals surface area contributed by atoms with Crippen molar-refractivity contribution >= 4 is 10.0 Å². The van der Waals surface area contributed by atoms with E-state index in [-0.39, 0.29) is 11.5 Å². The fraction of sp³-hybridized carbons (Fsp3) is 0.500. The molecule has 1 aromatic heterocycles. The van der Waals surface area contributed by atoms with Crippen LogP contribution in [0.5, 0.6) is 0 Å². The van der Waals surface area contributed by atoms with Gasteiger partial charge in [-0.05, 0) is 44.0 Å². The molecule has 1 aliphatic heterocycles. The highest BCUT2D eigenvalue weighted by Crippen LogP contribution is 2.57. The number of unbranched alkanes of at least 4 members (excludes halogenated alkanes) is 2. The molecule has 1 aromatic carbocycles. The van der Waals surface area contributed by atoms with E-state index in [9.17, 15) is 8.42 Å². The highest BCUT2D eigenvalue weighted by Gasteiger charge is 2.54. The maximum Gasteiger partial charge on any atom is 0.244 e. The quantitative estimate of drug-likeness (QED) is 0.454. The second-order valence-corrected chi connectivity index (χ2v) is 10.1. The summed E-state index contributed by atoms with van der Waals surface area (Å²) in [6, 6.07) is 10.5. The summed E-state index contributed by atoms with van der Waals surface area (Å²) in [5, 5.41) is 0. The van der Waals surface area contributed by atoms with Gasteiger partial charge in [-0.3, -0.25) is 0 Å². The predicted octanol–water partition coefficient (Wildman–Crippen LogP) is 6.26. The van der Waals surface area contributed by atoms with Crippen LogP contribution in [0, 0.1) is 12.3 Å². The van der Waals surface area contributed by atoms with Gasteiger partial charge in [-0.25, -0.2) is 8.42 Å². The van der Waals surface area contributed by atoms with E-state index in [0.717, 1.165) is 49.7 Å². The first kappa shape index (κ1) is 21.8. The third-order valence-electron chi connectivity index (χ3n) is 6.26. The number of aryl methyl sites for hydroxylation is 1. The van der Waals surface area contributed by atoms with Gasteiger partial charge >= 0.3 is 0 Å². The van der Waals surface area contributed by atoms with E-state index in [1.807, 2.05) is 31.2 Å². The molecule has 158 valence electrons. The molecule has 1 aliphatic rings. The van der Waals surface area contributed by atoms with Gasteiger partial charge in [0, 0.05) is 12.0 Å². The molecule has 29 heavy (non-hydrogen) atoms. The van der Waals surface area contributed by atoms with Gasteiger partial charge in [-0.1, -0.05) is 69.4 Å². The Bertz CT molecular complexity index is 906. The fourth-order valence-electron chi connectivity index (χ4n) is 4.57. The van der Waals surface area contributed by atoms with E-state index in [4.69, 9.17) is 4.42 Å². The first-order valence-electron chi connectivity index (χ1n) is 10.7. The van der Waals surface area contributed by atoms with Gasteiger partial charge in [0.25, 0.3) is 0 Å². The lowest BCUT2D eigenvalue weighted by molar-refractivity contribution is 0.172. The Labute approximate surface area is 175 Å². The van der Waals surface area contributed by atoms with Gasteiger partial charge in [0.1, 0.15) is 5.76 Å². The summed E-state index contributed by atoms with van der Waals surface area (Å²) in [7, 11) is -3.67. The SMILES string of the molecule is C=C1CN(S(=O)(=O)c2ccc(C)cc2)C(c2ccco2)C1(CCCC)CCCC. The van der Waals surface area contributed by atoms with Crippen molar-refractivity contribution in [3.8, 4) is 0 Å². The van der Waals surface area contributed by atoms with Crippen molar-refractivity contribution in [2.45, 2.75) is 70.2 Å². The summed E-state index contributed by atoms with van der Waals surface area (Å²) >= 11 is 0. The van der Waals surface area contributed by atoms with Crippen LogP contribution in [0.4, 0.5) is 0 Å². The molecule has 0 amide bonds. The van der Waals surface area contributed by atoms with E-state index in [1.54, 1.807) is 22.7 Å². The Morgan fingerprint density at radius 1 is 1.10 bits per heavy atom. The largest absolute Gasteiger partial charge is 0.468 e. The van der Waals surface area contributed by atoms with Crippen LogP contribution < -0.4 is 0 Å². The van der Waals surface area contributed by atoms with Crippen LogP contribution in [0.2, 0.25) is 0 Å². The molecule has 0 radical (unpaired) electrons. The van der Waals surface area contributed by atoms with E-state index in [1.165, 1.54) is 0 Å². The molecule has 1 atom stereocenters. The van der Waals surface area contributed by atoms with Gasteiger partial charge in [0.15, 0.2) is 0 Å². The number of hydrogen-bond donors (Lipinski definition) is 0. The molecule has 0 bridgehead atoms. The van der Waals surface area contributed by atoms with Crippen LogP contribution in [-0.4, -0.2) is 19.3 Å². The van der Waals surface area contributed by atoms with Crippen molar-refractivity contribution in [3.05, 3.63) is 66.1 Å². The summed E-state index contributed by atoms with van der Waals surface area (Å²) in [6.45, 7) is 11.0. The van der Waals surface area contributed by atoms with E-state index in [2.05, 4.69) is 20.4 Å². The van der Waals surface area contributed by atoms with E-state index < -0.39 is 10.0 Å². The molecule has 4 nitrogen and oxygen atoms in total. The second-order valence-electron chi connectivity index (χ2n) is 8.25. The molecule has 2 heterocycles. The third kappa shape index (κ3) is 4.08. The Kier molecular flexibility index (Phi) is 6.69. The average Bonchev–Trinajstić information content (AvgIpc) is 3.32. The molecule has 1 saturated heterocycles. The summed E-state index contributed by atoms with van der Waals surface area (Å²) in [6.07, 6.45) is 7.70. The van der Waals surface area contributed by atoms with Crippen molar-refractivity contribution in [1.82, 2.24) is 4.31 Å². The number of furan rings is 1. The van der Waals surface area contributed by atoms with Crippen molar-refractivity contribution in [3.63, 3.8) is 0 Å². The molecule has 0 aliphatic carbocycles. The third-order valence-corrected chi connectivity index (χ3v) is 8.08. The lowest BCUT2D eigenvalue weighted by Gasteiger charge is -2.37. The van der Waals surface area contributed by atoms with Crippen LogP contribution in [0.15, 0.2) is 64.1 Å². The molecule has 1 fully saturated rings. The Morgan fingerprint density at radius 2 is 1.72 bits per heavy atom. The molecule has 5 heteroatoms. The molecule has 0 N–H and O–H groups in total. The van der Waals surface area contributed by atoms with Gasteiger partial charge in [0.05, 0.1) is 17.2 Å². The smallest absolute Gasteiger partial charge is 0.244 e. The molecule has 2 aromatic rings. The summed E-state index contributed by atoms with van der Waals surface area (Å²) in [5.41, 5.74) is 1.76. The minimum atomic E-state index is -3.67. The molecule has 0 saturated carbocycles. The van der Waals surface area contributed by atoms with Crippen LogP contribution in [0.25, 0.3) is 0 Å². The van der Waals surface area contributed by atoms with Crippen molar-refractivity contribution in [1.29, 1.82) is 0 Å². The lowest BCUT2D eigenvalue weighted by atomic mass is 9.69. The Balaban J connectivity index is 2.11. The second kappa shape index (κ2) is 8.88. The van der Waals surface area contributed by atoms with Crippen molar-refractivity contribution in [2.75, 3.05) is 6.54 Å². The lowest BCUT2D eigenvalue weighted by Crippen LogP contribution is -2.36. The molecule has 0 spiro atoms. The monoisotopic (exact) mass is 415 g/mol. The van der Waals surface area contributed by atoms with Crippen LogP contribution in [0.3, 0.4) is 0 Å². The van der Waals surface area contributed by atoms with Crippen molar-refractivity contribution in [2.24, 2.45) is 5.41 Å². The highest BCUT2D eigenvalue weighted by molar-refractivity contribution is 7.89. The van der Waals surface area contributed by atoms with E-state index in [0.29, 0.717) is 17.2 Å². The number of benzene rings is 1. The average molecular weight is 416 g/mol. The minimum Gasteiger partial charge on any atom is -0.468 e. The normalized spacial score (nSPS) is 19.7.